The van der Waals surface area contributed by atoms with Crippen molar-refractivity contribution in [2.45, 2.75) is 31.3 Å². The van der Waals surface area contributed by atoms with Crippen LogP contribution in [-0.4, -0.2) is 37.2 Å². The Morgan fingerprint density at radius 2 is 2.26 bits per heavy atom. The number of nitrogens with zero attached hydrogens (tertiary/aromatic N) is 2. The lowest BCUT2D eigenvalue weighted by Crippen LogP contribution is -2.33. The van der Waals surface area contributed by atoms with E-state index >= 15 is 0 Å². The summed E-state index contributed by atoms with van der Waals surface area (Å²) in [7, 11) is 1.65. The Labute approximate surface area is 114 Å². The first kappa shape index (κ1) is 12.3. The quantitative estimate of drug-likeness (QED) is 0.902. The largest absolute Gasteiger partial charge is 0.495 e. The summed E-state index contributed by atoms with van der Waals surface area (Å²) in [6.45, 7) is 2.44. The maximum Gasteiger partial charge on any atom is 0.143 e. The van der Waals surface area contributed by atoms with Crippen LogP contribution in [-0.2, 0) is 0 Å². The lowest BCUT2D eigenvalue weighted by molar-refractivity contribution is 0.318. The Bertz CT molecular complexity index is 509. The monoisotopic (exact) mass is 257 g/mol. The van der Waals surface area contributed by atoms with E-state index in [0.717, 1.165) is 11.4 Å². The summed E-state index contributed by atoms with van der Waals surface area (Å²) in [5, 5.41) is 12.5. The van der Waals surface area contributed by atoms with Crippen LogP contribution in [0.2, 0.25) is 0 Å². The van der Waals surface area contributed by atoms with Crippen molar-refractivity contribution < 1.29 is 4.74 Å². The lowest BCUT2D eigenvalue weighted by Gasteiger charge is -2.23. The van der Waals surface area contributed by atoms with E-state index in [1.54, 1.807) is 13.2 Å². The van der Waals surface area contributed by atoms with Crippen LogP contribution in [0.25, 0.3) is 0 Å². The van der Waals surface area contributed by atoms with E-state index in [0.29, 0.717) is 17.6 Å². The molecule has 4 nitrogen and oxygen atoms in total. The van der Waals surface area contributed by atoms with Gasteiger partial charge >= 0.3 is 0 Å². The molecule has 0 amide bonds. The van der Waals surface area contributed by atoms with Gasteiger partial charge in [0.1, 0.15) is 5.75 Å². The van der Waals surface area contributed by atoms with Gasteiger partial charge in [-0.15, -0.1) is 0 Å². The van der Waals surface area contributed by atoms with Gasteiger partial charge in [-0.2, -0.15) is 5.26 Å². The first-order chi connectivity index (χ1) is 9.31. The van der Waals surface area contributed by atoms with Gasteiger partial charge in [0.05, 0.1) is 24.4 Å². The smallest absolute Gasteiger partial charge is 0.143 e. The summed E-state index contributed by atoms with van der Waals surface area (Å²) < 4.78 is 5.38. The summed E-state index contributed by atoms with van der Waals surface area (Å²) in [4.78, 5) is 2.58. The first-order valence-corrected chi connectivity index (χ1v) is 6.90. The van der Waals surface area contributed by atoms with Crippen molar-refractivity contribution in [3.8, 4) is 11.8 Å². The van der Waals surface area contributed by atoms with Gasteiger partial charge in [-0.05, 0) is 37.9 Å². The molecule has 0 saturated carbocycles. The van der Waals surface area contributed by atoms with Gasteiger partial charge in [0.15, 0.2) is 0 Å². The zero-order chi connectivity index (χ0) is 13.2. The van der Waals surface area contributed by atoms with Crippen LogP contribution in [0.3, 0.4) is 0 Å². The van der Waals surface area contributed by atoms with Crippen molar-refractivity contribution in [1.29, 1.82) is 5.26 Å². The Hall–Kier alpha value is -1.73. The van der Waals surface area contributed by atoms with Crippen LogP contribution >= 0.6 is 0 Å². The van der Waals surface area contributed by atoms with E-state index in [4.69, 9.17) is 10.00 Å². The second-order valence-electron chi connectivity index (χ2n) is 5.31. The van der Waals surface area contributed by atoms with Gasteiger partial charge in [-0.25, -0.2) is 0 Å². The third-order valence-corrected chi connectivity index (χ3v) is 4.28. The molecule has 2 aliphatic rings. The van der Waals surface area contributed by atoms with Crippen LogP contribution in [0.15, 0.2) is 18.2 Å². The molecule has 2 atom stereocenters. The van der Waals surface area contributed by atoms with Crippen LogP contribution in [0, 0.1) is 11.3 Å². The van der Waals surface area contributed by atoms with E-state index < -0.39 is 0 Å². The number of rotatable bonds is 3. The number of nitrogens with one attached hydrogen (secondary N) is 1. The molecular weight excluding hydrogens is 238 g/mol. The predicted octanol–water partition coefficient (Wildman–Crippen LogP) is 2.22. The van der Waals surface area contributed by atoms with Crippen LogP contribution in [0.5, 0.6) is 5.75 Å². The molecule has 2 fully saturated rings. The molecule has 0 aliphatic carbocycles. The van der Waals surface area contributed by atoms with E-state index in [2.05, 4.69) is 16.3 Å². The number of benzene rings is 1. The molecule has 0 aromatic heterocycles. The molecule has 2 aliphatic heterocycles. The third kappa shape index (κ3) is 2.26. The zero-order valence-corrected chi connectivity index (χ0v) is 11.2. The van der Waals surface area contributed by atoms with E-state index in [9.17, 15) is 0 Å². The average molecular weight is 257 g/mol. The summed E-state index contributed by atoms with van der Waals surface area (Å²) >= 11 is 0. The van der Waals surface area contributed by atoms with Gasteiger partial charge in [0, 0.05) is 24.7 Å². The fourth-order valence-corrected chi connectivity index (χ4v) is 3.33. The molecular formula is C15H19N3O. The SMILES string of the molecule is COc1cc(C#N)ccc1NC1CCN2CCCC12. The number of nitriles is 1. The van der Waals surface area contributed by atoms with Crippen molar-refractivity contribution in [2.75, 3.05) is 25.5 Å². The van der Waals surface area contributed by atoms with Crippen LogP contribution in [0.4, 0.5) is 5.69 Å². The Kier molecular flexibility index (Phi) is 3.31. The maximum atomic E-state index is 8.92. The third-order valence-electron chi connectivity index (χ3n) is 4.28. The standard InChI is InChI=1S/C15H19N3O/c1-19-15-9-11(10-16)4-5-13(15)17-12-6-8-18-7-2-3-14(12)18/h4-5,9,12,14,17H,2-3,6-8H2,1H3. The molecule has 0 radical (unpaired) electrons. The molecule has 0 bridgehead atoms. The summed E-state index contributed by atoms with van der Waals surface area (Å²) in [5.41, 5.74) is 1.64. The number of hydrogen-bond acceptors (Lipinski definition) is 4. The fourth-order valence-electron chi connectivity index (χ4n) is 3.33. The van der Waals surface area contributed by atoms with Crippen LogP contribution < -0.4 is 10.1 Å². The fraction of sp³-hybridized carbons (Fsp3) is 0.533. The number of methoxy groups -OCH3 is 1. The van der Waals surface area contributed by atoms with Gasteiger partial charge < -0.3 is 10.1 Å². The Balaban J connectivity index is 1.78. The Morgan fingerprint density at radius 1 is 1.37 bits per heavy atom. The Morgan fingerprint density at radius 3 is 3.05 bits per heavy atom. The van der Waals surface area contributed by atoms with Crippen LogP contribution in [0.1, 0.15) is 24.8 Å². The van der Waals surface area contributed by atoms with Gasteiger partial charge in [0.2, 0.25) is 0 Å². The molecule has 2 unspecified atom stereocenters. The topological polar surface area (TPSA) is 48.3 Å². The van der Waals surface area contributed by atoms with E-state index in [-0.39, 0.29) is 0 Å². The number of fused-ring (bicyclic) bond motifs is 1. The summed E-state index contributed by atoms with van der Waals surface area (Å²) in [6, 6.07) is 8.90. The minimum atomic E-state index is 0.504. The highest BCUT2D eigenvalue weighted by atomic mass is 16.5. The first-order valence-electron chi connectivity index (χ1n) is 6.90. The predicted molar refractivity (Wildman–Crippen MR) is 74.3 cm³/mol. The number of hydrogen-bond donors (Lipinski definition) is 1. The number of ether oxygens (including phenoxy) is 1. The van der Waals surface area contributed by atoms with Crippen molar-refractivity contribution in [3.05, 3.63) is 23.8 Å². The minimum Gasteiger partial charge on any atom is -0.495 e. The normalized spacial score (nSPS) is 25.9. The molecule has 3 rings (SSSR count). The highest BCUT2D eigenvalue weighted by Crippen LogP contribution is 2.33. The second-order valence-corrected chi connectivity index (χ2v) is 5.31. The second kappa shape index (κ2) is 5.10. The summed E-state index contributed by atoms with van der Waals surface area (Å²) in [5.74, 6) is 0.760. The molecule has 0 spiro atoms. The molecule has 2 saturated heterocycles. The number of anilines is 1. The molecule has 1 aromatic rings. The maximum absolute atomic E-state index is 8.92. The van der Waals surface area contributed by atoms with Crippen molar-refractivity contribution in [2.24, 2.45) is 0 Å². The van der Waals surface area contributed by atoms with Crippen molar-refractivity contribution in [3.63, 3.8) is 0 Å². The average Bonchev–Trinajstić information content (AvgIpc) is 3.04. The van der Waals surface area contributed by atoms with Crippen molar-refractivity contribution in [1.82, 2.24) is 4.90 Å². The summed E-state index contributed by atoms with van der Waals surface area (Å²) in [6.07, 6.45) is 3.79. The minimum absolute atomic E-state index is 0.504. The molecule has 1 N–H and O–H groups in total. The highest BCUT2D eigenvalue weighted by molar-refractivity contribution is 5.60. The van der Waals surface area contributed by atoms with Crippen molar-refractivity contribution >= 4 is 5.69 Å². The van der Waals surface area contributed by atoms with Gasteiger partial charge in [0.25, 0.3) is 0 Å². The highest BCUT2D eigenvalue weighted by Gasteiger charge is 2.37. The zero-order valence-electron chi connectivity index (χ0n) is 11.2. The molecule has 100 valence electrons. The van der Waals surface area contributed by atoms with E-state index in [1.165, 1.54) is 32.4 Å². The molecule has 1 aromatic carbocycles. The lowest BCUT2D eigenvalue weighted by atomic mass is 10.1. The van der Waals surface area contributed by atoms with Gasteiger partial charge in [-0.1, -0.05) is 0 Å². The van der Waals surface area contributed by atoms with Gasteiger partial charge in [-0.3, -0.25) is 4.90 Å². The molecule has 2 heterocycles. The molecule has 19 heavy (non-hydrogen) atoms. The van der Waals surface area contributed by atoms with E-state index in [1.807, 2.05) is 12.1 Å². The molecule has 4 heteroatoms.